The monoisotopic (exact) mass is 343 g/mol. The predicted octanol–water partition coefficient (Wildman–Crippen LogP) is 4.69. The number of amides is 1. The number of nitrogens with one attached hydrogen (secondary N) is 1. The van der Waals surface area contributed by atoms with Crippen molar-refractivity contribution in [3.8, 4) is 5.75 Å². The molecule has 0 bridgehead atoms. The minimum Gasteiger partial charge on any atom is -0.481 e. The second-order valence-corrected chi connectivity index (χ2v) is 6.56. The van der Waals surface area contributed by atoms with Crippen molar-refractivity contribution in [2.24, 2.45) is 0 Å². The number of benzene rings is 2. The minimum atomic E-state index is -0.500. The van der Waals surface area contributed by atoms with Crippen molar-refractivity contribution in [1.29, 1.82) is 0 Å². The number of ether oxygens (including phenoxy) is 1. The highest BCUT2D eigenvalue weighted by molar-refractivity contribution is 6.30. The number of carbonyl (C=O) groups excluding carboxylic acids is 1. The van der Waals surface area contributed by atoms with Crippen LogP contribution in [0.15, 0.2) is 48.5 Å². The highest BCUT2D eigenvalue weighted by Gasteiger charge is 2.25. The van der Waals surface area contributed by atoms with Gasteiger partial charge in [-0.25, -0.2) is 0 Å². The van der Waals surface area contributed by atoms with Crippen LogP contribution in [-0.2, 0) is 11.2 Å². The number of halogens is 1. The lowest BCUT2D eigenvalue weighted by Gasteiger charge is -2.28. The molecule has 1 amide bonds. The standard InChI is InChI=1S/C20H22ClNO2/c1-2-19(24-16-12-10-15(21)11-13-16)20(23)22-18-9-5-7-14-6-3-4-8-17(14)18/h3-4,6,8,10-13,18-19H,2,5,7,9H2,1H3,(H,22,23)/t18-,19+/m1/s1. The van der Waals surface area contributed by atoms with E-state index in [0.717, 1.165) is 19.3 Å². The molecule has 3 rings (SSSR count). The van der Waals surface area contributed by atoms with Crippen LogP contribution in [0.1, 0.15) is 43.4 Å². The molecule has 4 heteroatoms. The van der Waals surface area contributed by atoms with E-state index in [1.54, 1.807) is 24.3 Å². The molecule has 3 nitrogen and oxygen atoms in total. The molecule has 2 aromatic rings. The van der Waals surface area contributed by atoms with Crippen molar-refractivity contribution in [2.45, 2.75) is 44.8 Å². The molecule has 0 unspecified atom stereocenters. The first-order valence-electron chi connectivity index (χ1n) is 8.47. The lowest BCUT2D eigenvalue weighted by atomic mass is 9.87. The topological polar surface area (TPSA) is 38.3 Å². The van der Waals surface area contributed by atoms with Crippen molar-refractivity contribution >= 4 is 17.5 Å². The lowest BCUT2D eigenvalue weighted by Crippen LogP contribution is -2.40. The molecule has 0 aromatic heterocycles. The van der Waals surface area contributed by atoms with Crippen molar-refractivity contribution in [3.05, 3.63) is 64.7 Å². The van der Waals surface area contributed by atoms with Gasteiger partial charge in [0.25, 0.3) is 5.91 Å². The van der Waals surface area contributed by atoms with Crippen LogP contribution in [0.2, 0.25) is 5.02 Å². The zero-order chi connectivity index (χ0) is 16.9. The Balaban J connectivity index is 1.68. The Bertz CT molecular complexity index is 699. The molecule has 0 spiro atoms. The molecule has 0 heterocycles. The summed E-state index contributed by atoms with van der Waals surface area (Å²) in [5, 5.41) is 3.82. The van der Waals surface area contributed by atoms with Crippen molar-refractivity contribution < 1.29 is 9.53 Å². The molecule has 0 saturated heterocycles. The summed E-state index contributed by atoms with van der Waals surface area (Å²) in [7, 11) is 0. The molecule has 0 saturated carbocycles. The maximum atomic E-state index is 12.7. The van der Waals surface area contributed by atoms with E-state index in [1.807, 2.05) is 13.0 Å². The summed E-state index contributed by atoms with van der Waals surface area (Å²) < 4.78 is 5.84. The molecule has 1 N–H and O–H groups in total. The van der Waals surface area contributed by atoms with Gasteiger partial charge in [0.15, 0.2) is 6.10 Å². The van der Waals surface area contributed by atoms with Crippen LogP contribution in [-0.4, -0.2) is 12.0 Å². The van der Waals surface area contributed by atoms with Gasteiger partial charge >= 0.3 is 0 Å². The van der Waals surface area contributed by atoms with Gasteiger partial charge in [0.2, 0.25) is 0 Å². The van der Waals surface area contributed by atoms with Crippen molar-refractivity contribution in [1.82, 2.24) is 5.32 Å². The molecule has 2 atom stereocenters. The number of hydrogen-bond acceptors (Lipinski definition) is 2. The molecule has 0 aliphatic heterocycles. The summed E-state index contributed by atoms with van der Waals surface area (Å²) in [6.07, 6.45) is 3.26. The Morgan fingerprint density at radius 2 is 2.00 bits per heavy atom. The summed E-state index contributed by atoms with van der Waals surface area (Å²) in [5.41, 5.74) is 2.57. The zero-order valence-corrected chi connectivity index (χ0v) is 14.6. The van der Waals surface area contributed by atoms with Gasteiger partial charge in [-0.15, -0.1) is 0 Å². The molecule has 0 radical (unpaired) electrons. The third kappa shape index (κ3) is 3.90. The maximum absolute atomic E-state index is 12.7. The van der Waals surface area contributed by atoms with Crippen LogP contribution < -0.4 is 10.1 Å². The van der Waals surface area contributed by atoms with Crippen LogP contribution in [0, 0.1) is 0 Å². The quantitative estimate of drug-likeness (QED) is 0.855. The summed E-state index contributed by atoms with van der Waals surface area (Å²) >= 11 is 5.89. The largest absolute Gasteiger partial charge is 0.481 e. The summed E-state index contributed by atoms with van der Waals surface area (Å²) in [5.74, 6) is 0.597. The second kappa shape index (κ2) is 7.71. The number of rotatable bonds is 5. The SMILES string of the molecule is CC[C@H](Oc1ccc(Cl)cc1)C(=O)N[C@@H]1CCCc2ccccc21. The Labute approximate surface area is 148 Å². The smallest absolute Gasteiger partial charge is 0.261 e. The molecule has 126 valence electrons. The molecular formula is C20H22ClNO2. The maximum Gasteiger partial charge on any atom is 0.261 e. The highest BCUT2D eigenvalue weighted by atomic mass is 35.5. The van der Waals surface area contributed by atoms with Gasteiger partial charge < -0.3 is 10.1 Å². The van der Waals surface area contributed by atoms with Gasteiger partial charge in [0.05, 0.1) is 6.04 Å². The van der Waals surface area contributed by atoms with E-state index in [1.165, 1.54) is 11.1 Å². The fourth-order valence-corrected chi connectivity index (χ4v) is 3.29. The second-order valence-electron chi connectivity index (χ2n) is 6.12. The average molecular weight is 344 g/mol. The van der Waals surface area contributed by atoms with E-state index >= 15 is 0 Å². The van der Waals surface area contributed by atoms with E-state index in [0.29, 0.717) is 17.2 Å². The number of fused-ring (bicyclic) bond motifs is 1. The third-order valence-electron chi connectivity index (χ3n) is 4.44. The third-order valence-corrected chi connectivity index (χ3v) is 4.69. The minimum absolute atomic E-state index is 0.0610. The zero-order valence-electron chi connectivity index (χ0n) is 13.8. The van der Waals surface area contributed by atoms with Crippen molar-refractivity contribution in [3.63, 3.8) is 0 Å². The first-order chi connectivity index (χ1) is 11.7. The van der Waals surface area contributed by atoms with E-state index in [9.17, 15) is 4.79 Å². The highest BCUT2D eigenvalue weighted by Crippen LogP contribution is 2.29. The Morgan fingerprint density at radius 3 is 2.75 bits per heavy atom. The normalized spacial score (nSPS) is 17.7. The summed E-state index contributed by atoms with van der Waals surface area (Å²) in [4.78, 5) is 12.7. The van der Waals surface area contributed by atoms with E-state index in [2.05, 4.69) is 23.5 Å². The average Bonchev–Trinajstić information content (AvgIpc) is 2.61. The van der Waals surface area contributed by atoms with Crippen LogP contribution in [0.5, 0.6) is 5.75 Å². The van der Waals surface area contributed by atoms with E-state index in [-0.39, 0.29) is 11.9 Å². The molecule has 1 aliphatic carbocycles. The van der Waals surface area contributed by atoms with E-state index in [4.69, 9.17) is 16.3 Å². The van der Waals surface area contributed by atoms with Crippen LogP contribution >= 0.6 is 11.6 Å². The fourth-order valence-electron chi connectivity index (χ4n) is 3.17. The Morgan fingerprint density at radius 1 is 1.25 bits per heavy atom. The van der Waals surface area contributed by atoms with Crippen LogP contribution in [0.4, 0.5) is 0 Å². The van der Waals surface area contributed by atoms with Gasteiger partial charge in [-0.3, -0.25) is 4.79 Å². The van der Waals surface area contributed by atoms with Crippen LogP contribution in [0.3, 0.4) is 0 Å². The fraction of sp³-hybridized carbons (Fsp3) is 0.350. The molecule has 24 heavy (non-hydrogen) atoms. The number of carbonyl (C=O) groups is 1. The first kappa shape index (κ1) is 16.8. The van der Waals surface area contributed by atoms with Crippen LogP contribution in [0.25, 0.3) is 0 Å². The Hall–Kier alpha value is -2.00. The lowest BCUT2D eigenvalue weighted by molar-refractivity contribution is -0.129. The van der Waals surface area contributed by atoms with Crippen molar-refractivity contribution in [2.75, 3.05) is 0 Å². The van der Waals surface area contributed by atoms with Gasteiger partial charge in [-0.05, 0) is 61.1 Å². The number of aryl methyl sites for hydroxylation is 1. The van der Waals surface area contributed by atoms with Gasteiger partial charge in [-0.1, -0.05) is 42.8 Å². The van der Waals surface area contributed by atoms with Gasteiger partial charge in [0, 0.05) is 5.02 Å². The molecular weight excluding hydrogens is 322 g/mol. The van der Waals surface area contributed by atoms with Gasteiger partial charge in [-0.2, -0.15) is 0 Å². The molecule has 0 fully saturated rings. The number of hydrogen-bond donors (Lipinski definition) is 1. The Kier molecular flexibility index (Phi) is 5.41. The van der Waals surface area contributed by atoms with E-state index < -0.39 is 6.10 Å². The predicted molar refractivity (Wildman–Crippen MR) is 96.4 cm³/mol. The van der Waals surface area contributed by atoms with Gasteiger partial charge in [0.1, 0.15) is 5.75 Å². The molecule has 2 aromatic carbocycles. The summed E-state index contributed by atoms with van der Waals surface area (Å²) in [6, 6.07) is 15.5. The molecule has 1 aliphatic rings. The first-order valence-corrected chi connectivity index (χ1v) is 8.85. The summed E-state index contributed by atoms with van der Waals surface area (Å²) in [6.45, 7) is 1.95.